The van der Waals surface area contributed by atoms with Crippen LogP contribution in [-0.4, -0.2) is 4.57 Å². The second kappa shape index (κ2) is 12.7. The molecule has 12 rings (SSSR count). The van der Waals surface area contributed by atoms with Crippen molar-refractivity contribution in [1.82, 2.24) is 4.57 Å². The Kier molecular flexibility index (Phi) is 7.14. The van der Waals surface area contributed by atoms with Gasteiger partial charge in [-0.3, -0.25) is 0 Å². The Morgan fingerprint density at radius 2 is 1.02 bits per heavy atom. The van der Waals surface area contributed by atoms with E-state index in [9.17, 15) is 0 Å². The zero-order valence-corrected chi connectivity index (χ0v) is 31.6. The standard InChI is InChI=1S/C55H36N2O/c1-5-19-37(20-6-1)55(38-21-7-2-8-22-38)46-30-16-13-28-43(46)52-47(55)36-50(53-44-29-15-18-32-51(44)58-54(52)53)56(39-23-9-3-10-24-39)41-33-34-49-45(35-41)42-27-14-17-31-48(42)57(49)40-25-11-4-12-26-40/h1-36H. The minimum absolute atomic E-state index is 0.605. The Morgan fingerprint density at radius 3 is 1.76 bits per heavy atom. The lowest BCUT2D eigenvalue weighted by Gasteiger charge is -2.35. The molecular weight excluding hydrogens is 705 g/mol. The lowest BCUT2D eigenvalue weighted by Crippen LogP contribution is -2.28. The minimum Gasteiger partial charge on any atom is -0.455 e. The molecule has 0 saturated heterocycles. The van der Waals surface area contributed by atoms with Crippen LogP contribution in [0.1, 0.15) is 22.3 Å². The fourth-order valence-corrected chi connectivity index (χ4v) is 9.92. The van der Waals surface area contributed by atoms with Crippen LogP contribution in [0.3, 0.4) is 0 Å². The van der Waals surface area contributed by atoms with E-state index in [4.69, 9.17) is 4.42 Å². The molecule has 1 aliphatic rings. The molecule has 1 aliphatic carbocycles. The van der Waals surface area contributed by atoms with Gasteiger partial charge in [-0.05, 0) is 88.5 Å². The predicted octanol–water partition coefficient (Wildman–Crippen LogP) is 14.5. The molecule has 0 fully saturated rings. The van der Waals surface area contributed by atoms with Crippen LogP contribution < -0.4 is 4.90 Å². The highest BCUT2D eigenvalue weighted by Crippen LogP contribution is 2.60. The Hall–Kier alpha value is -7.62. The van der Waals surface area contributed by atoms with Gasteiger partial charge >= 0.3 is 0 Å². The largest absolute Gasteiger partial charge is 0.455 e. The third-order valence-corrected chi connectivity index (χ3v) is 12.2. The van der Waals surface area contributed by atoms with Gasteiger partial charge < -0.3 is 13.9 Å². The van der Waals surface area contributed by atoms with Gasteiger partial charge in [0.1, 0.15) is 11.2 Å². The molecular formula is C55H36N2O. The lowest BCUT2D eigenvalue weighted by atomic mass is 9.67. The van der Waals surface area contributed by atoms with Crippen LogP contribution in [-0.2, 0) is 5.41 Å². The van der Waals surface area contributed by atoms with Crippen molar-refractivity contribution in [3.05, 3.63) is 241 Å². The number of fused-ring (bicyclic) bond motifs is 10. The van der Waals surface area contributed by atoms with Crippen LogP contribution in [0.4, 0.5) is 17.1 Å². The van der Waals surface area contributed by atoms with E-state index < -0.39 is 5.41 Å². The highest BCUT2D eigenvalue weighted by atomic mass is 16.3. The summed E-state index contributed by atoms with van der Waals surface area (Å²) in [5, 5.41) is 4.60. The minimum atomic E-state index is -0.605. The number of hydrogen-bond donors (Lipinski definition) is 0. The maximum Gasteiger partial charge on any atom is 0.145 e. The van der Waals surface area contributed by atoms with Gasteiger partial charge in [0.2, 0.25) is 0 Å². The monoisotopic (exact) mass is 740 g/mol. The maximum atomic E-state index is 7.13. The molecule has 9 aromatic carbocycles. The first-order chi connectivity index (χ1) is 28.8. The van der Waals surface area contributed by atoms with Crippen molar-refractivity contribution < 1.29 is 4.42 Å². The van der Waals surface area contributed by atoms with Crippen LogP contribution in [0.15, 0.2) is 223 Å². The molecule has 0 spiro atoms. The molecule has 0 bridgehead atoms. The fraction of sp³-hybridized carbons (Fsp3) is 0.0182. The SMILES string of the molecule is c1ccc(N(c2ccc3c(c2)c2ccccc2n3-c2ccccc2)c2cc3c(c4oc5ccccc5c24)-c2ccccc2C3(c2ccccc2)c2ccccc2)cc1. The highest BCUT2D eigenvalue weighted by molar-refractivity contribution is 6.20. The third kappa shape index (κ3) is 4.56. The molecule has 0 unspecified atom stereocenters. The average Bonchev–Trinajstić information content (AvgIpc) is 3.94. The van der Waals surface area contributed by atoms with Crippen molar-refractivity contribution in [2.75, 3.05) is 4.90 Å². The van der Waals surface area contributed by atoms with E-state index in [1.807, 2.05) is 0 Å². The fourth-order valence-electron chi connectivity index (χ4n) is 9.92. The summed E-state index contributed by atoms with van der Waals surface area (Å²) in [6.45, 7) is 0. The summed E-state index contributed by atoms with van der Waals surface area (Å²) < 4.78 is 9.51. The molecule has 58 heavy (non-hydrogen) atoms. The normalized spacial score (nSPS) is 13.0. The van der Waals surface area contributed by atoms with Gasteiger partial charge in [0.15, 0.2) is 0 Å². The average molecular weight is 741 g/mol. The number of benzene rings is 9. The number of furan rings is 1. The van der Waals surface area contributed by atoms with Crippen molar-refractivity contribution in [3.8, 4) is 16.8 Å². The van der Waals surface area contributed by atoms with Crippen molar-refractivity contribution >= 4 is 60.8 Å². The van der Waals surface area contributed by atoms with E-state index in [2.05, 4.69) is 228 Å². The summed E-state index contributed by atoms with van der Waals surface area (Å²) in [5.41, 5.74) is 15.1. The highest BCUT2D eigenvalue weighted by Gasteiger charge is 2.48. The number of aromatic nitrogens is 1. The Morgan fingerprint density at radius 1 is 0.431 bits per heavy atom. The quantitative estimate of drug-likeness (QED) is 0.169. The van der Waals surface area contributed by atoms with Gasteiger partial charge in [0.05, 0.1) is 27.5 Å². The predicted molar refractivity (Wildman–Crippen MR) is 240 cm³/mol. The molecule has 0 radical (unpaired) electrons. The first kappa shape index (κ1) is 32.6. The van der Waals surface area contributed by atoms with Crippen LogP contribution in [0.2, 0.25) is 0 Å². The Labute approximate surface area is 336 Å². The van der Waals surface area contributed by atoms with E-state index in [0.29, 0.717) is 0 Å². The Bertz CT molecular complexity index is 3290. The summed E-state index contributed by atoms with van der Waals surface area (Å²) in [4.78, 5) is 2.45. The van der Waals surface area contributed by atoms with Crippen LogP contribution in [0.25, 0.3) is 60.6 Å². The topological polar surface area (TPSA) is 21.3 Å². The number of anilines is 3. The zero-order chi connectivity index (χ0) is 38.2. The molecule has 272 valence electrons. The molecule has 11 aromatic rings. The van der Waals surface area contributed by atoms with Crippen molar-refractivity contribution in [3.63, 3.8) is 0 Å². The number of nitrogens with zero attached hydrogens (tertiary/aromatic N) is 2. The van der Waals surface area contributed by atoms with Crippen LogP contribution >= 0.6 is 0 Å². The second-order valence-electron chi connectivity index (χ2n) is 15.2. The molecule has 0 N–H and O–H groups in total. The summed E-state index contributed by atoms with van der Waals surface area (Å²) in [6.07, 6.45) is 0. The molecule has 2 aromatic heterocycles. The third-order valence-electron chi connectivity index (χ3n) is 12.2. The number of para-hydroxylation sites is 4. The zero-order valence-electron chi connectivity index (χ0n) is 31.6. The van der Waals surface area contributed by atoms with Crippen molar-refractivity contribution in [2.24, 2.45) is 0 Å². The Balaban J connectivity index is 1.23. The van der Waals surface area contributed by atoms with Gasteiger partial charge in [0, 0.05) is 38.8 Å². The van der Waals surface area contributed by atoms with E-state index in [-0.39, 0.29) is 0 Å². The van der Waals surface area contributed by atoms with Gasteiger partial charge in [0.25, 0.3) is 0 Å². The van der Waals surface area contributed by atoms with E-state index in [1.54, 1.807) is 0 Å². The molecule has 0 aliphatic heterocycles. The molecule has 0 atom stereocenters. The van der Waals surface area contributed by atoms with E-state index in [0.717, 1.165) is 50.3 Å². The summed E-state index contributed by atoms with van der Waals surface area (Å²) >= 11 is 0. The van der Waals surface area contributed by atoms with Gasteiger partial charge in [-0.15, -0.1) is 0 Å². The number of rotatable bonds is 6. The summed E-state index contributed by atoms with van der Waals surface area (Å²) in [7, 11) is 0. The van der Waals surface area contributed by atoms with Gasteiger partial charge in [-0.25, -0.2) is 0 Å². The first-order valence-electron chi connectivity index (χ1n) is 19.9. The molecule has 3 nitrogen and oxygen atoms in total. The molecule has 3 heteroatoms. The smallest absolute Gasteiger partial charge is 0.145 e. The van der Waals surface area contributed by atoms with Crippen LogP contribution in [0.5, 0.6) is 0 Å². The molecule has 0 saturated carbocycles. The molecule has 0 amide bonds. The second-order valence-corrected chi connectivity index (χ2v) is 15.2. The van der Waals surface area contributed by atoms with Crippen LogP contribution in [0, 0.1) is 0 Å². The lowest BCUT2D eigenvalue weighted by molar-refractivity contribution is 0.669. The van der Waals surface area contributed by atoms with Gasteiger partial charge in [-0.2, -0.15) is 0 Å². The molecule has 2 heterocycles. The van der Waals surface area contributed by atoms with E-state index >= 15 is 0 Å². The van der Waals surface area contributed by atoms with Crippen molar-refractivity contribution in [2.45, 2.75) is 5.41 Å². The summed E-state index contributed by atoms with van der Waals surface area (Å²) in [5.74, 6) is 0. The first-order valence-corrected chi connectivity index (χ1v) is 19.9. The number of hydrogen-bond acceptors (Lipinski definition) is 2. The van der Waals surface area contributed by atoms with Crippen molar-refractivity contribution in [1.29, 1.82) is 0 Å². The van der Waals surface area contributed by atoms with Gasteiger partial charge in [-0.1, -0.05) is 158 Å². The van der Waals surface area contributed by atoms with E-state index in [1.165, 1.54) is 49.6 Å². The summed E-state index contributed by atoms with van der Waals surface area (Å²) in [6, 6.07) is 79.1. The maximum absolute atomic E-state index is 7.13.